The number of aromatic amines is 1. The van der Waals surface area contributed by atoms with Crippen LogP contribution in [-0.2, 0) is 0 Å². The van der Waals surface area contributed by atoms with Crippen molar-refractivity contribution in [1.29, 1.82) is 0 Å². The van der Waals surface area contributed by atoms with Crippen molar-refractivity contribution >= 4 is 45.0 Å². The number of para-hydroxylation sites is 1. The fourth-order valence-electron chi connectivity index (χ4n) is 2.65. The smallest absolute Gasteiger partial charge is 0.193 e. The van der Waals surface area contributed by atoms with Crippen LogP contribution in [0.2, 0.25) is 5.22 Å². The Morgan fingerprint density at radius 3 is 2.52 bits per heavy atom. The number of rotatable bonds is 2. The Bertz CT molecular complexity index is 938. The summed E-state index contributed by atoms with van der Waals surface area (Å²) >= 11 is 12.3. The number of fused-ring (bicyclic) bond motifs is 3. The first-order valence-corrected chi connectivity index (χ1v) is 7.43. The van der Waals surface area contributed by atoms with Gasteiger partial charge in [0.25, 0.3) is 0 Å². The Hall–Kier alpha value is -1.90. The molecule has 1 N–H and O–H groups in total. The van der Waals surface area contributed by atoms with Gasteiger partial charge in [-0.2, -0.15) is 0 Å². The number of furan rings is 1. The third-order valence-corrected chi connectivity index (χ3v) is 4.34. The molecule has 1 atom stereocenters. The Labute approximate surface area is 131 Å². The molecular weight excluding hydrogens is 305 g/mol. The lowest BCUT2D eigenvalue weighted by Crippen LogP contribution is -1.90. The van der Waals surface area contributed by atoms with Gasteiger partial charge in [-0.3, -0.25) is 0 Å². The molecule has 0 aliphatic rings. The highest BCUT2D eigenvalue weighted by Gasteiger charge is 2.16. The van der Waals surface area contributed by atoms with E-state index in [1.54, 1.807) is 12.1 Å². The Morgan fingerprint density at radius 2 is 1.71 bits per heavy atom. The highest BCUT2D eigenvalue weighted by Crippen LogP contribution is 2.34. The van der Waals surface area contributed by atoms with Crippen LogP contribution in [-0.4, -0.2) is 4.98 Å². The van der Waals surface area contributed by atoms with Gasteiger partial charge in [0.05, 0.1) is 0 Å². The SMILES string of the molecule is Clc1ccc(C(Cl)c2ccc3[nH]c4ccccc4c3c2)o1. The first-order chi connectivity index (χ1) is 10.2. The number of alkyl halides is 1. The molecule has 21 heavy (non-hydrogen) atoms. The topological polar surface area (TPSA) is 28.9 Å². The van der Waals surface area contributed by atoms with Crippen LogP contribution in [0.25, 0.3) is 21.8 Å². The number of halogens is 2. The van der Waals surface area contributed by atoms with E-state index in [-0.39, 0.29) is 5.38 Å². The number of hydrogen-bond donors (Lipinski definition) is 1. The third kappa shape index (κ3) is 2.11. The number of nitrogens with one attached hydrogen (secondary N) is 1. The Morgan fingerprint density at radius 1 is 0.905 bits per heavy atom. The van der Waals surface area contributed by atoms with Gasteiger partial charge in [-0.25, -0.2) is 0 Å². The minimum atomic E-state index is -0.351. The molecule has 2 heterocycles. The molecule has 0 fully saturated rings. The second-order valence-corrected chi connectivity index (χ2v) is 5.79. The molecule has 4 heteroatoms. The van der Waals surface area contributed by atoms with Gasteiger partial charge in [-0.05, 0) is 47.5 Å². The summed E-state index contributed by atoms with van der Waals surface area (Å²) < 4.78 is 5.41. The zero-order chi connectivity index (χ0) is 14.4. The summed E-state index contributed by atoms with van der Waals surface area (Å²) in [4.78, 5) is 3.40. The van der Waals surface area contributed by atoms with Crippen LogP contribution in [0.4, 0.5) is 0 Å². The Kier molecular flexibility index (Phi) is 2.95. The molecule has 4 rings (SSSR count). The monoisotopic (exact) mass is 315 g/mol. The van der Waals surface area contributed by atoms with Crippen LogP contribution < -0.4 is 0 Å². The van der Waals surface area contributed by atoms with Gasteiger partial charge >= 0.3 is 0 Å². The molecule has 4 aromatic rings. The van der Waals surface area contributed by atoms with Crippen molar-refractivity contribution in [3.8, 4) is 0 Å². The molecule has 2 aromatic carbocycles. The summed E-state index contributed by atoms with van der Waals surface area (Å²) in [6.45, 7) is 0. The van der Waals surface area contributed by atoms with Gasteiger partial charge in [0.15, 0.2) is 5.22 Å². The summed E-state index contributed by atoms with van der Waals surface area (Å²) in [6.07, 6.45) is 0. The van der Waals surface area contributed by atoms with Crippen molar-refractivity contribution < 1.29 is 4.42 Å². The van der Waals surface area contributed by atoms with E-state index in [9.17, 15) is 0 Å². The minimum Gasteiger partial charge on any atom is -0.448 e. The second kappa shape index (κ2) is 4.83. The molecule has 0 amide bonds. The minimum absolute atomic E-state index is 0.351. The largest absolute Gasteiger partial charge is 0.448 e. The average molecular weight is 316 g/mol. The number of aromatic nitrogens is 1. The van der Waals surface area contributed by atoms with Crippen LogP contribution >= 0.6 is 23.2 Å². The predicted molar refractivity (Wildman–Crippen MR) is 87.2 cm³/mol. The van der Waals surface area contributed by atoms with Crippen molar-refractivity contribution in [3.05, 3.63) is 71.1 Å². The van der Waals surface area contributed by atoms with Crippen LogP contribution in [0.5, 0.6) is 0 Å². The van der Waals surface area contributed by atoms with Gasteiger partial charge in [0, 0.05) is 21.8 Å². The third-order valence-electron chi connectivity index (χ3n) is 3.67. The van der Waals surface area contributed by atoms with Crippen molar-refractivity contribution in [3.63, 3.8) is 0 Å². The molecule has 0 aliphatic heterocycles. The maximum Gasteiger partial charge on any atom is 0.193 e. The quantitative estimate of drug-likeness (QED) is 0.459. The fourth-order valence-corrected chi connectivity index (χ4v) is 3.06. The van der Waals surface area contributed by atoms with E-state index in [1.165, 1.54) is 5.39 Å². The first-order valence-electron chi connectivity index (χ1n) is 6.62. The molecule has 2 nitrogen and oxygen atoms in total. The summed E-state index contributed by atoms with van der Waals surface area (Å²) in [5.74, 6) is 0.654. The lowest BCUT2D eigenvalue weighted by Gasteiger charge is -2.07. The maximum absolute atomic E-state index is 6.50. The fraction of sp³-hybridized carbons (Fsp3) is 0.0588. The van der Waals surface area contributed by atoms with Crippen molar-refractivity contribution in [2.45, 2.75) is 5.38 Å². The molecular formula is C17H11Cl2NO. The van der Waals surface area contributed by atoms with E-state index >= 15 is 0 Å². The van der Waals surface area contributed by atoms with Crippen LogP contribution in [0.15, 0.2) is 59.0 Å². The van der Waals surface area contributed by atoms with Gasteiger partial charge in [-0.15, -0.1) is 11.6 Å². The van der Waals surface area contributed by atoms with E-state index < -0.39 is 0 Å². The predicted octanol–water partition coefficient (Wildman–Crippen LogP) is 5.90. The number of H-pyrrole nitrogens is 1. The zero-order valence-corrected chi connectivity index (χ0v) is 12.4. The zero-order valence-electron chi connectivity index (χ0n) is 10.9. The van der Waals surface area contributed by atoms with E-state index in [2.05, 4.69) is 23.2 Å². The van der Waals surface area contributed by atoms with Crippen molar-refractivity contribution in [2.75, 3.05) is 0 Å². The van der Waals surface area contributed by atoms with E-state index in [0.29, 0.717) is 11.0 Å². The molecule has 0 aliphatic carbocycles. The van der Waals surface area contributed by atoms with Crippen LogP contribution in [0, 0.1) is 0 Å². The normalized spacial score (nSPS) is 13.0. The van der Waals surface area contributed by atoms with E-state index in [0.717, 1.165) is 22.0 Å². The lowest BCUT2D eigenvalue weighted by atomic mass is 10.1. The highest BCUT2D eigenvalue weighted by atomic mass is 35.5. The van der Waals surface area contributed by atoms with Gasteiger partial charge in [-0.1, -0.05) is 24.3 Å². The first kappa shape index (κ1) is 12.8. The van der Waals surface area contributed by atoms with E-state index in [1.807, 2.05) is 24.3 Å². The summed E-state index contributed by atoms with van der Waals surface area (Å²) in [6, 6.07) is 17.9. The van der Waals surface area contributed by atoms with Gasteiger partial charge in [0.2, 0.25) is 0 Å². The highest BCUT2D eigenvalue weighted by molar-refractivity contribution is 6.29. The number of hydrogen-bond acceptors (Lipinski definition) is 1. The standard InChI is InChI=1S/C17H11Cl2NO/c18-16-8-7-15(21-16)17(19)10-5-6-14-12(9-10)11-3-1-2-4-13(11)20-14/h1-9,17,20H. The molecule has 1 unspecified atom stereocenters. The van der Waals surface area contributed by atoms with Crippen LogP contribution in [0.3, 0.4) is 0 Å². The van der Waals surface area contributed by atoms with E-state index in [4.69, 9.17) is 27.6 Å². The molecule has 2 aromatic heterocycles. The average Bonchev–Trinajstić information content (AvgIpc) is 3.09. The van der Waals surface area contributed by atoms with Gasteiger partial charge < -0.3 is 9.40 Å². The molecule has 0 spiro atoms. The molecule has 0 saturated carbocycles. The maximum atomic E-state index is 6.50. The molecule has 0 saturated heterocycles. The number of benzene rings is 2. The molecule has 0 radical (unpaired) electrons. The summed E-state index contributed by atoms with van der Waals surface area (Å²) in [7, 11) is 0. The summed E-state index contributed by atoms with van der Waals surface area (Å²) in [5.41, 5.74) is 3.21. The Balaban J connectivity index is 1.88. The summed E-state index contributed by atoms with van der Waals surface area (Å²) in [5, 5.41) is 2.35. The lowest BCUT2D eigenvalue weighted by molar-refractivity contribution is 0.518. The van der Waals surface area contributed by atoms with Crippen LogP contribution in [0.1, 0.15) is 16.7 Å². The second-order valence-electron chi connectivity index (χ2n) is 4.98. The molecule has 0 bridgehead atoms. The van der Waals surface area contributed by atoms with Gasteiger partial charge in [0.1, 0.15) is 11.1 Å². The molecule has 104 valence electrons. The van der Waals surface area contributed by atoms with Crippen molar-refractivity contribution in [2.24, 2.45) is 0 Å². The van der Waals surface area contributed by atoms with Crippen molar-refractivity contribution in [1.82, 2.24) is 4.98 Å².